The summed E-state index contributed by atoms with van der Waals surface area (Å²) in [5, 5.41) is 11.8. The molecule has 0 spiro atoms. The molecule has 7 nitrogen and oxygen atoms in total. The van der Waals surface area contributed by atoms with Crippen molar-refractivity contribution in [3.05, 3.63) is 93.8 Å². The molecule has 0 saturated heterocycles. The Hall–Kier alpha value is -3.97. The summed E-state index contributed by atoms with van der Waals surface area (Å²) in [4.78, 5) is 28.2. The van der Waals surface area contributed by atoms with Crippen LogP contribution in [0.25, 0.3) is 11.0 Å². The van der Waals surface area contributed by atoms with Gasteiger partial charge < -0.3 is 18.7 Å². The summed E-state index contributed by atoms with van der Waals surface area (Å²) < 4.78 is 16.7. The van der Waals surface area contributed by atoms with E-state index in [0.29, 0.717) is 33.2 Å². The van der Waals surface area contributed by atoms with Crippen molar-refractivity contribution in [1.29, 1.82) is 0 Å². The van der Waals surface area contributed by atoms with E-state index in [1.54, 1.807) is 30.3 Å². The number of nitrogens with zero attached hydrogens (tertiary/aromatic N) is 1. The molecule has 34 heavy (non-hydrogen) atoms. The summed E-state index contributed by atoms with van der Waals surface area (Å²) in [6.07, 6.45) is 1.45. The van der Waals surface area contributed by atoms with E-state index >= 15 is 0 Å². The number of furan rings is 2. The molecular weight excluding hydrogens is 458 g/mol. The number of ether oxygens (including phenoxy) is 1. The van der Waals surface area contributed by atoms with Crippen LogP contribution < -0.4 is 9.64 Å². The molecule has 3 heterocycles. The number of carbonyl (C=O) groups excluding carboxylic acids is 2. The van der Waals surface area contributed by atoms with Crippen molar-refractivity contribution >= 4 is 39.9 Å². The minimum absolute atomic E-state index is 0.0663. The molecule has 4 aromatic rings. The van der Waals surface area contributed by atoms with Gasteiger partial charge in [-0.25, -0.2) is 0 Å². The summed E-state index contributed by atoms with van der Waals surface area (Å²) in [6, 6.07) is 12.5. The molecule has 1 aliphatic heterocycles. The normalized spacial score (nSPS) is 16.1. The van der Waals surface area contributed by atoms with Crippen LogP contribution in [0.3, 0.4) is 0 Å². The predicted molar refractivity (Wildman–Crippen MR) is 127 cm³/mol. The van der Waals surface area contributed by atoms with E-state index in [1.807, 2.05) is 26.0 Å². The van der Waals surface area contributed by atoms with Crippen LogP contribution >= 0.6 is 11.6 Å². The first-order chi connectivity index (χ1) is 16.3. The molecule has 0 radical (unpaired) electrons. The number of amides is 1. The molecule has 0 fully saturated rings. The lowest BCUT2D eigenvalue weighted by molar-refractivity contribution is -0.117. The Morgan fingerprint density at radius 1 is 1.12 bits per heavy atom. The first-order valence-corrected chi connectivity index (χ1v) is 10.9. The van der Waals surface area contributed by atoms with Crippen molar-refractivity contribution in [2.45, 2.75) is 19.9 Å². The van der Waals surface area contributed by atoms with E-state index in [2.05, 4.69) is 0 Å². The highest BCUT2D eigenvalue weighted by Crippen LogP contribution is 2.43. The van der Waals surface area contributed by atoms with Gasteiger partial charge in [-0.1, -0.05) is 17.7 Å². The van der Waals surface area contributed by atoms with Crippen molar-refractivity contribution in [3.8, 4) is 5.75 Å². The molecule has 1 aliphatic rings. The topological polar surface area (TPSA) is 93.1 Å². The molecule has 8 heteroatoms. The molecule has 2 aromatic carbocycles. The fourth-order valence-corrected chi connectivity index (χ4v) is 4.39. The molecule has 1 unspecified atom stereocenters. The van der Waals surface area contributed by atoms with Crippen LogP contribution in [0.1, 0.15) is 33.5 Å². The number of ketones is 1. The summed E-state index contributed by atoms with van der Waals surface area (Å²) in [5.74, 6) is -1.38. The van der Waals surface area contributed by atoms with Gasteiger partial charge in [0, 0.05) is 22.2 Å². The third-order valence-corrected chi connectivity index (χ3v) is 6.24. The van der Waals surface area contributed by atoms with Crippen molar-refractivity contribution in [3.63, 3.8) is 0 Å². The zero-order chi connectivity index (χ0) is 24.1. The van der Waals surface area contributed by atoms with Crippen molar-refractivity contribution in [1.82, 2.24) is 0 Å². The van der Waals surface area contributed by atoms with Gasteiger partial charge in [0.25, 0.3) is 5.91 Å². The highest BCUT2D eigenvalue weighted by atomic mass is 35.5. The Morgan fingerprint density at radius 2 is 1.91 bits per heavy atom. The smallest absolute Gasteiger partial charge is 0.294 e. The Bertz CT molecular complexity index is 1480. The van der Waals surface area contributed by atoms with Gasteiger partial charge in [-0.15, -0.1) is 0 Å². The maximum atomic E-state index is 13.7. The number of aliphatic hydroxyl groups is 1. The number of aliphatic hydroxyl groups excluding tert-OH is 1. The molecule has 1 N–H and O–H groups in total. The summed E-state index contributed by atoms with van der Waals surface area (Å²) in [7, 11) is 1.47. The van der Waals surface area contributed by atoms with E-state index in [-0.39, 0.29) is 11.3 Å². The number of rotatable bonds is 5. The average molecular weight is 478 g/mol. The first kappa shape index (κ1) is 21.9. The Balaban J connectivity index is 1.65. The van der Waals surface area contributed by atoms with Crippen LogP contribution in [0.2, 0.25) is 5.02 Å². The molecule has 2 aromatic heterocycles. The number of benzene rings is 2. The minimum Gasteiger partial charge on any atom is -0.503 e. The summed E-state index contributed by atoms with van der Waals surface area (Å²) in [6.45, 7) is 3.88. The van der Waals surface area contributed by atoms with Gasteiger partial charge >= 0.3 is 0 Å². The maximum absolute atomic E-state index is 13.7. The van der Waals surface area contributed by atoms with Crippen LogP contribution in [-0.4, -0.2) is 23.9 Å². The number of fused-ring (bicyclic) bond motifs is 1. The Kier molecular flexibility index (Phi) is 5.21. The average Bonchev–Trinajstić information content (AvgIpc) is 3.54. The Labute approximate surface area is 199 Å². The zero-order valence-corrected chi connectivity index (χ0v) is 19.3. The zero-order valence-electron chi connectivity index (χ0n) is 18.6. The number of carbonyl (C=O) groups is 2. The van der Waals surface area contributed by atoms with Crippen LogP contribution in [0.15, 0.2) is 75.0 Å². The van der Waals surface area contributed by atoms with Crippen molar-refractivity contribution in [2.75, 3.05) is 12.0 Å². The maximum Gasteiger partial charge on any atom is 0.294 e. The van der Waals surface area contributed by atoms with E-state index in [9.17, 15) is 14.7 Å². The largest absolute Gasteiger partial charge is 0.503 e. The molecule has 5 rings (SSSR count). The second-order valence-corrected chi connectivity index (χ2v) is 8.53. The SMILES string of the molecule is COc1cc(Cl)cc2cc(C(=O)C3=C(O)C(=O)N(c4ccc(C)c(C)c4)C3c3ccco3)oc12. The Morgan fingerprint density at radius 3 is 2.59 bits per heavy atom. The van der Waals surface area contributed by atoms with Gasteiger partial charge in [-0.3, -0.25) is 14.5 Å². The first-order valence-electron chi connectivity index (χ1n) is 10.5. The molecular formula is C26H20ClNO6. The molecule has 172 valence electrons. The van der Waals surface area contributed by atoms with E-state index in [4.69, 9.17) is 25.2 Å². The highest BCUT2D eigenvalue weighted by Gasteiger charge is 2.46. The number of hydrogen-bond acceptors (Lipinski definition) is 6. The predicted octanol–water partition coefficient (Wildman–Crippen LogP) is 6.09. The van der Waals surface area contributed by atoms with Gasteiger partial charge in [-0.2, -0.15) is 0 Å². The monoisotopic (exact) mass is 477 g/mol. The van der Waals surface area contributed by atoms with Gasteiger partial charge in [0.1, 0.15) is 11.8 Å². The minimum atomic E-state index is -0.976. The number of Topliss-reactive ketones (excluding diaryl/α,β-unsaturated/α-hetero) is 1. The van der Waals surface area contributed by atoms with E-state index < -0.39 is 23.5 Å². The fourth-order valence-electron chi connectivity index (χ4n) is 4.18. The van der Waals surface area contributed by atoms with Gasteiger partial charge in [0.2, 0.25) is 5.78 Å². The third-order valence-electron chi connectivity index (χ3n) is 6.02. The second-order valence-electron chi connectivity index (χ2n) is 8.09. The highest BCUT2D eigenvalue weighted by molar-refractivity contribution is 6.31. The molecule has 0 saturated carbocycles. The number of halogens is 1. The number of anilines is 1. The van der Waals surface area contributed by atoms with Gasteiger partial charge in [0.05, 0.1) is 18.9 Å². The second kappa shape index (κ2) is 8.11. The number of methoxy groups -OCH3 is 1. The molecule has 0 aliphatic carbocycles. The van der Waals surface area contributed by atoms with Crippen LogP contribution in [0.5, 0.6) is 5.75 Å². The van der Waals surface area contributed by atoms with Crippen LogP contribution in [0, 0.1) is 13.8 Å². The van der Waals surface area contributed by atoms with Crippen LogP contribution in [-0.2, 0) is 4.79 Å². The number of aryl methyl sites for hydroxylation is 2. The fraction of sp³-hybridized carbons (Fsp3) is 0.154. The lowest BCUT2D eigenvalue weighted by atomic mass is 9.99. The van der Waals surface area contributed by atoms with Gasteiger partial charge in [0.15, 0.2) is 22.9 Å². The lowest BCUT2D eigenvalue weighted by Gasteiger charge is -2.25. The molecule has 1 amide bonds. The summed E-state index contributed by atoms with van der Waals surface area (Å²) in [5.41, 5.74) is 2.74. The quantitative estimate of drug-likeness (QED) is 0.350. The number of hydrogen-bond donors (Lipinski definition) is 1. The standard InChI is InChI=1S/C26H20ClNO6/c1-13-6-7-17(9-14(13)2)28-22(18-5-4-8-33-18)21(24(30)26(28)31)23(29)19-11-15-10-16(27)12-20(32-3)25(15)34-19/h4-12,22,30H,1-3H3. The molecule has 0 bridgehead atoms. The lowest BCUT2D eigenvalue weighted by Crippen LogP contribution is -2.30. The van der Waals surface area contributed by atoms with Crippen LogP contribution in [0.4, 0.5) is 5.69 Å². The van der Waals surface area contributed by atoms with Gasteiger partial charge in [-0.05, 0) is 61.4 Å². The van der Waals surface area contributed by atoms with Crippen molar-refractivity contribution < 1.29 is 28.3 Å². The van der Waals surface area contributed by atoms with E-state index in [0.717, 1.165) is 11.1 Å². The third kappa shape index (κ3) is 3.36. The summed E-state index contributed by atoms with van der Waals surface area (Å²) >= 11 is 6.14. The molecule has 1 atom stereocenters. The van der Waals surface area contributed by atoms with Crippen molar-refractivity contribution in [2.24, 2.45) is 0 Å². The van der Waals surface area contributed by atoms with E-state index in [1.165, 1.54) is 24.3 Å².